The molecular weight excluding hydrogens is 226 g/mol. The first-order valence-electron chi connectivity index (χ1n) is 4.72. The average Bonchev–Trinajstić information content (AvgIpc) is 2.65. The van der Waals surface area contributed by atoms with Gasteiger partial charge in [-0.05, 0) is 30.7 Å². The van der Waals surface area contributed by atoms with Gasteiger partial charge in [0.1, 0.15) is 0 Å². The monoisotopic (exact) mass is 235 g/mol. The van der Waals surface area contributed by atoms with Gasteiger partial charge in [-0.3, -0.25) is 4.79 Å². The van der Waals surface area contributed by atoms with Crippen molar-refractivity contribution in [1.82, 2.24) is 9.78 Å². The molecule has 1 aromatic carbocycles. The van der Waals surface area contributed by atoms with E-state index in [4.69, 9.17) is 11.6 Å². The normalized spacial score (nSPS) is 10.1. The van der Waals surface area contributed by atoms with Crippen LogP contribution in [0.4, 0.5) is 5.69 Å². The summed E-state index contributed by atoms with van der Waals surface area (Å²) in [4.78, 5) is 10.3. The van der Waals surface area contributed by atoms with Crippen molar-refractivity contribution in [2.24, 2.45) is 0 Å². The SMILES string of the molecule is Cc1cnn(-c2ccc(NC=O)cc2Cl)c1. The van der Waals surface area contributed by atoms with E-state index in [2.05, 4.69) is 10.4 Å². The summed E-state index contributed by atoms with van der Waals surface area (Å²) in [5.41, 5.74) is 2.50. The Bertz CT molecular complexity index is 522. The Hall–Kier alpha value is -1.81. The summed E-state index contributed by atoms with van der Waals surface area (Å²) in [7, 11) is 0. The summed E-state index contributed by atoms with van der Waals surface area (Å²) < 4.78 is 1.70. The van der Waals surface area contributed by atoms with Crippen LogP contribution in [0.25, 0.3) is 5.69 Å². The Morgan fingerprint density at radius 1 is 1.50 bits per heavy atom. The van der Waals surface area contributed by atoms with E-state index in [0.717, 1.165) is 11.3 Å². The van der Waals surface area contributed by atoms with E-state index < -0.39 is 0 Å². The summed E-state index contributed by atoms with van der Waals surface area (Å²) in [5.74, 6) is 0. The number of benzene rings is 1. The lowest BCUT2D eigenvalue weighted by Gasteiger charge is -2.06. The molecule has 0 aliphatic heterocycles. The van der Waals surface area contributed by atoms with Crippen molar-refractivity contribution >= 4 is 23.7 Å². The van der Waals surface area contributed by atoms with Crippen LogP contribution >= 0.6 is 11.6 Å². The summed E-state index contributed by atoms with van der Waals surface area (Å²) in [6, 6.07) is 5.26. The minimum Gasteiger partial charge on any atom is -0.329 e. The highest BCUT2D eigenvalue weighted by atomic mass is 35.5. The molecule has 2 aromatic rings. The second-order valence-electron chi connectivity index (χ2n) is 3.39. The number of carbonyl (C=O) groups is 1. The molecule has 2 rings (SSSR count). The maximum absolute atomic E-state index is 10.3. The average molecular weight is 236 g/mol. The summed E-state index contributed by atoms with van der Waals surface area (Å²) in [6.07, 6.45) is 4.26. The van der Waals surface area contributed by atoms with Crippen LogP contribution in [0.1, 0.15) is 5.56 Å². The maximum Gasteiger partial charge on any atom is 0.211 e. The number of nitrogens with one attached hydrogen (secondary N) is 1. The summed E-state index contributed by atoms with van der Waals surface area (Å²) in [5, 5.41) is 7.24. The zero-order valence-electron chi connectivity index (χ0n) is 8.64. The van der Waals surface area contributed by atoms with Gasteiger partial charge in [-0.2, -0.15) is 5.10 Å². The predicted octanol–water partition coefficient (Wildman–Crippen LogP) is 2.40. The van der Waals surface area contributed by atoms with E-state index in [1.807, 2.05) is 13.1 Å². The van der Waals surface area contributed by atoms with Crippen LogP contribution in [0.5, 0.6) is 0 Å². The first-order valence-corrected chi connectivity index (χ1v) is 5.10. The van der Waals surface area contributed by atoms with Gasteiger partial charge < -0.3 is 5.32 Å². The number of aryl methyl sites for hydroxylation is 1. The molecule has 0 saturated heterocycles. The Kier molecular flexibility index (Phi) is 2.92. The van der Waals surface area contributed by atoms with Gasteiger partial charge in [0.15, 0.2) is 0 Å². The third-order valence-corrected chi connectivity index (χ3v) is 2.43. The topological polar surface area (TPSA) is 46.9 Å². The van der Waals surface area contributed by atoms with Gasteiger partial charge in [0.25, 0.3) is 0 Å². The van der Waals surface area contributed by atoms with E-state index >= 15 is 0 Å². The number of nitrogens with zero attached hydrogens (tertiary/aromatic N) is 2. The molecule has 0 aliphatic carbocycles. The van der Waals surface area contributed by atoms with Gasteiger partial charge in [-0.25, -0.2) is 4.68 Å². The molecule has 0 aliphatic rings. The highest BCUT2D eigenvalue weighted by Gasteiger charge is 2.04. The molecule has 0 spiro atoms. The zero-order chi connectivity index (χ0) is 11.5. The van der Waals surface area contributed by atoms with E-state index in [-0.39, 0.29) is 0 Å². The van der Waals surface area contributed by atoms with Crippen LogP contribution in [0, 0.1) is 6.92 Å². The van der Waals surface area contributed by atoms with Gasteiger partial charge in [0.2, 0.25) is 6.41 Å². The number of anilines is 1. The summed E-state index contributed by atoms with van der Waals surface area (Å²) >= 11 is 6.09. The van der Waals surface area contributed by atoms with Crippen molar-refractivity contribution in [3.05, 3.63) is 41.2 Å². The standard InChI is InChI=1S/C11H10ClN3O/c1-8-5-14-15(6-8)11-3-2-9(13-7-16)4-10(11)12/h2-7H,1H3,(H,13,16). The van der Waals surface area contributed by atoms with Gasteiger partial charge in [-0.15, -0.1) is 0 Å². The third kappa shape index (κ3) is 2.06. The molecule has 1 heterocycles. The van der Waals surface area contributed by atoms with Crippen molar-refractivity contribution < 1.29 is 4.79 Å². The van der Waals surface area contributed by atoms with Gasteiger partial charge >= 0.3 is 0 Å². The Morgan fingerprint density at radius 3 is 2.88 bits per heavy atom. The lowest BCUT2D eigenvalue weighted by atomic mass is 10.3. The minimum atomic E-state index is 0.537. The van der Waals surface area contributed by atoms with Crippen molar-refractivity contribution in [1.29, 1.82) is 0 Å². The fraction of sp³-hybridized carbons (Fsp3) is 0.0909. The Balaban J connectivity index is 2.39. The molecule has 1 amide bonds. The number of carbonyl (C=O) groups excluding carboxylic acids is 1. The number of halogens is 1. The largest absolute Gasteiger partial charge is 0.329 e. The molecule has 0 saturated carbocycles. The van der Waals surface area contributed by atoms with E-state index in [9.17, 15) is 4.79 Å². The van der Waals surface area contributed by atoms with Crippen LogP contribution in [0.2, 0.25) is 5.02 Å². The molecule has 0 bridgehead atoms. The van der Waals surface area contributed by atoms with Crippen molar-refractivity contribution in [2.75, 3.05) is 5.32 Å². The second kappa shape index (κ2) is 4.37. The number of amides is 1. The summed E-state index contributed by atoms with van der Waals surface area (Å²) in [6.45, 7) is 1.96. The Morgan fingerprint density at radius 2 is 2.31 bits per heavy atom. The number of rotatable bonds is 3. The Labute approximate surface area is 97.8 Å². The second-order valence-corrected chi connectivity index (χ2v) is 3.80. The van der Waals surface area contributed by atoms with Crippen molar-refractivity contribution in [3.63, 3.8) is 0 Å². The van der Waals surface area contributed by atoms with Crippen LogP contribution in [-0.2, 0) is 4.79 Å². The first-order chi connectivity index (χ1) is 7.70. The highest BCUT2D eigenvalue weighted by molar-refractivity contribution is 6.32. The van der Waals surface area contributed by atoms with Crippen LogP contribution in [0.3, 0.4) is 0 Å². The third-order valence-electron chi connectivity index (χ3n) is 2.13. The molecule has 1 N–H and O–H groups in total. The van der Waals surface area contributed by atoms with Gasteiger partial charge in [0.05, 0.1) is 16.9 Å². The fourth-order valence-electron chi connectivity index (χ4n) is 1.40. The molecule has 4 nitrogen and oxygen atoms in total. The molecule has 0 fully saturated rings. The fourth-order valence-corrected chi connectivity index (χ4v) is 1.66. The lowest BCUT2D eigenvalue weighted by Crippen LogP contribution is -1.98. The van der Waals surface area contributed by atoms with Crippen molar-refractivity contribution in [2.45, 2.75) is 6.92 Å². The number of hydrogen-bond acceptors (Lipinski definition) is 2. The van der Waals surface area contributed by atoms with Crippen molar-refractivity contribution in [3.8, 4) is 5.69 Å². The van der Waals surface area contributed by atoms with Crippen LogP contribution in [-0.4, -0.2) is 16.2 Å². The molecule has 82 valence electrons. The lowest BCUT2D eigenvalue weighted by molar-refractivity contribution is -0.105. The number of hydrogen-bond donors (Lipinski definition) is 1. The number of aromatic nitrogens is 2. The molecule has 0 radical (unpaired) electrons. The quantitative estimate of drug-likeness (QED) is 0.831. The maximum atomic E-state index is 10.3. The smallest absolute Gasteiger partial charge is 0.211 e. The molecule has 0 atom stereocenters. The van der Waals surface area contributed by atoms with Crippen LogP contribution < -0.4 is 5.32 Å². The van der Waals surface area contributed by atoms with Gasteiger partial charge in [0, 0.05) is 11.9 Å². The molecule has 0 unspecified atom stereocenters. The molecule has 16 heavy (non-hydrogen) atoms. The van der Waals surface area contributed by atoms with E-state index in [0.29, 0.717) is 17.1 Å². The molecule has 1 aromatic heterocycles. The van der Waals surface area contributed by atoms with Crippen LogP contribution in [0.15, 0.2) is 30.6 Å². The van der Waals surface area contributed by atoms with E-state index in [1.54, 1.807) is 29.1 Å². The zero-order valence-corrected chi connectivity index (χ0v) is 9.40. The first kappa shape index (κ1) is 10.7. The predicted molar refractivity (Wildman–Crippen MR) is 63.0 cm³/mol. The van der Waals surface area contributed by atoms with Gasteiger partial charge in [-0.1, -0.05) is 11.6 Å². The highest BCUT2D eigenvalue weighted by Crippen LogP contribution is 2.23. The molecule has 5 heteroatoms. The van der Waals surface area contributed by atoms with E-state index in [1.165, 1.54) is 0 Å². The molecular formula is C11H10ClN3O. The minimum absolute atomic E-state index is 0.537.